The van der Waals surface area contributed by atoms with E-state index in [9.17, 15) is 14.7 Å². The molecular formula is C19H24N2O3. The first kappa shape index (κ1) is 15.6. The molecule has 5 nitrogen and oxygen atoms in total. The number of carbonyl (C=O) groups excluding carboxylic acids is 2. The van der Waals surface area contributed by atoms with Crippen LogP contribution >= 0.6 is 0 Å². The third kappa shape index (κ3) is 2.71. The van der Waals surface area contributed by atoms with Gasteiger partial charge >= 0.3 is 11.8 Å². The van der Waals surface area contributed by atoms with Crippen LogP contribution in [-0.2, 0) is 15.0 Å². The van der Waals surface area contributed by atoms with Gasteiger partial charge in [-0.05, 0) is 49.7 Å². The summed E-state index contributed by atoms with van der Waals surface area (Å²) in [5, 5.41) is 12.5. The molecule has 2 fully saturated rings. The van der Waals surface area contributed by atoms with Crippen LogP contribution < -0.4 is 10.2 Å². The summed E-state index contributed by atoms with van der Waals surface area (Å²) < 4.78 is 0. The monoisotopic (exact) mass is 328 g/mol. The lowest BCUT2D eigenvalue weighted by Gasteiger charge is -2.26. The van der Waals surface area contributed by atoms with E-state index in [1.807, 2.05) is 18.2 Å². The average molecular weight is 328 g/mol. The Bertz CT molecular complexity index is 668. The van der Waals surface area contributed by atoms with Crippen LogP contribution in [0.15, 0.2) is 24.3 Å². The molecule has 1 aromatic rings. The minimum Gasteiger partial charge on any atom is -0.393 e. The van der Waals surface area contributed by atoms with Crippen molar-refractivity contribution >= 4 is 17.5 Å². The molecule has 1 aromatic carbocycles. The highest BCUT2D eigenvalue weighted by molar-refractivity contribution is 6.40. The van der Waals surface area contributed by atoms with Crippen molar-refractivity contribution in [3.8, 4) is 0 Å². The van der Waals surface area contributed by atoms with Gasteiger partial charge in [-0.2, -0.15) is 0 Å². The van der Waals surface area contributed by atoms with E-state index in [-0.39, 0.29) is 17.4 Å². The lowest BCUT2D eigenvalue weighted by Crippen LogP contribution is -2.45. The maximum Gasteiger partial charge on any atom is 0.316 e. The predicted molar refractivity (Wildman–Crippen MR) is 90.7 cm³/mol. The van der Waals surface area contributed by atoms with Crippen molar-refractivity contribution in [3.63, 3.8) is 0 Å². The van der Waals surface area contributed by atoms with Crippen molar-refractivity contribution in [3.05, 3.63) is 29.8 Å². The fourth-order valence-electron chi connectivity index (χ4n) is 4.27. The van der Waals surface area contributed by atoms with Gasteiger partial charge in [0.25, 0.3) is 0 Å². The molecule has 0 saturated heterocycles. The summed E-state index contributed by atoms with van der Waals surface area (Å²) in [7, 11) is 0. The Morgan fingerprint density at radius 3 is 2.79 bits per heavy atom. The van der Waals surface area contributed by atoms with E-state index in [1.54, 1.807) is 4.90 Å². The molecule has 2 amide bonds. The lowest BCUT2D eigenvalue weighted by atomic mass is 9.87. The number of hydrogen-bond donors (Lipinski definition) is 2. The third-order valence-corrected chi connectivity index (χ3v) is 5.83. The molecule has 128 valence electrons. The number of aliphatic hydroxyl groups is 1. The number of nitrogens with zero attached hydrogens (tertiary/aromatic N) is 1. The summed E-state index contributed by atoms with van der Waals surface area (Å²) in [5.74, 6) is -0.712. The van der Waals surface area contributed by atoms with Gasteiger partial charge in [-0.1, -0.05) is 24.6 Å². The van der Waals surface area contributed by atoms with Crippen LogP contribution in [0.2, 0.25) is 0 Å². The van der Waals surface area contributed by atoms with E-state index in [0.717, 1.165) is 37.8 Å². The molecule has 5 heteroatoms. The van der Waals surface area contributed by atoms with Crippen molar-refractivity contribution in [1.29, 1.82) is 0 Å². The molecule has 4 rings (SSSR count). The molecule has 0 bridgehead atoms. The highest BCUT2D eigenvalue weighted by Gasteiger charge is 2.53. The second-order valence-electron chi connectivity index (χ2n) is 7.59. The van der Waals surface area contributed by atoms with E-state index in [0.29, 0.717) is 19.5 Å². The minimum atomic E-state index is -0.525. The number of aliphatic hydroxyl groups excluding tert-OH is 1. The Kier molecular flexibility index (Phi) is 3.83. The first-order valence-electron chi connectivity index (χ1n) is 8.96. The zero-order valence-corrected chi connectivity index (χ0v) is 13.8. The van der Waals surface area contributed by atoms with E-state index < -0.39 is 11.8 Å². The molecule has 1 spiro atoms. The number of amides is 2. The van der Waals surface area contributed by atoms with Gasteiger partial charge in [-0.15, -0.1) is 0 Å². The molecule has 2 N–H and O–H groups in total. The Morgan fingerprint density at radius 2 is 2.04 bits per heavy atom. The quantitative estimate of drug-likeness (QED) is 0.813. The number of carbonyl (C=O) groups is 2. The third-order valence-electron chi connectivity index (χ3n) is 5.83. The Hall–Kier alpha value is -1.88. The Balaban J connectivity index is 1.40. The van der Waals surface area contributed by atoms with Crippen molar-refractivity contribution in [2.75, 3.05) is 18.0 Å². The predicted octanol–water partition coefficient (Wildman–Crippen LogP) is 1.73. The molecule has 24 heavy (non-hydrogen) atoms. The van der Waals surface area contributed by atoms with E-state index in [4.69, 9.17) is 0 Å². The van der Waals surface area contributed by atoms with Gasteiger partial charge in [-0.3, -0.25) is 9.59 Å². The summed E-state index contributed by atoms with van der Waals surface area (Å²) >= 11 is 0. The van der Waals surface area contributed by atoms with Crippen LogP contribution in [0.25, 0.3) is 0 Å². The van der Waals surface area contributed by atoms with Crippen molar-refractivity contribution in [2.45, 2.75) is 50.0 Å². The maximum absolute atomic E-state index is 12.6. The van der Waals surface area contributed by atoms with Gasteiger partial charge in [0.05, 0.1) is 6.10 Å². The van der Waals surface area contributed by atoms with Gasteiger partial charge in [0, 0.05) is 24.2 Å². The Labute approximate surface area is 142 Å². The standard InChI is InChI=1S/C19H24N2O3/c22-14-5-3-4-13(10-14)11-20-17(23)18(24)21-12-19(8-9-19)15-6-1-2-7-16(15)21/h1-2,6-7,13-14,22H,3-5,8-12H2,(H,20,23). The Morgan fingerprint density at radius 1 is 1.25 bits per heavy atom. The van der Waals surface area contributed by atoms with Crippen LogP contribution in [0.3, 0.4) is 0 Å². The number of para-hydroxylation sites is 1. The normalized spacial score (nSPS) is 27.0. The van der Waals surface area contributed by atoms with Gasteiger partial charge in [0.1, 0.15) is 0 Å². The highest BCUT2D eigenvalue weighted by Crippen LogP contribution is 2.56. The molecule has 1 aliphatic heterocycles. The van der Waals surface area contributed by atoms with Crippen molar-refractivity contribution in [2.24, 2.45) is 5.92 Å². The molecular weight excluding hydrogens is 304 g/mol. The van der Waals surface area contributed by atoms with Crippen molar-refractivity contribution in [1.82, 2.24) is 5.32 Å². The molecule has 0 aromatic heterocycles. The molecule has 2 saturated carbocycles. The van der Waals surface area contributed by atoms with Gasteiger partial charge in [0.2, 0.25) is 0 Å². The first-order chi connectivity index (χ1) is 11.6. The van der Waals surface area contributed by atoms with Gasteiger partial charge < -0.3 is 15.3 Å². The minimum absolute atomic E-state index is 0.0972. The molecule has 2 atom stereocenters. The zero-order chi connectivity index (χ0) is 16.7. The van der Waals surface area contributed by atoms with E-state index in [1.165, 1.54) is 5.56 Å². The number of nitrogens with one attached hydrogen (secondary N) is 1. The topological polar surface area (TPSA) is 69.6 Å². The maximum atomic E-state index is 12.6. The summed E-state index contributed by atoms with van der Waals surface area (Å²) in [6.45, 7) is 1.10. The van der Waals surface area contributed by atoms with Crippen LogP contribution in [0.1, 0.15) is 44.1 Å². The van der Waals surface area contributed by atoms with Crippen molar-refractivity contribution < 1.29 is 14.7 Å². The zero-order valence-electron chi connectivity index (χ0n) is 13.8. The number of hydrogen-bond acceptors (Lipinski definition) is 3. The summed E-state index contributed by atoms with van der Waals surface area (Å²) in [5.41, 5.74) is 2.20. The number of anilines is 1. The van der Waals surface area contributed by atoms with Crippen LogP contribution in [0.5, 0.6) is 0 Å². The number of rotatable bonds is 2. The second kappa shape index (κ2) is 5.88. The van der Waals surface area contributed by atoms with Gasteiger partial charge in [0.15, 0.2) is 0 Å². The van der Waals surface area contributed by atoms with Gasteiger partial charge in [-0.25, -0.2) is 0 Å². The molecule has 2 unspecified atom stereocenters. The van der Waals surface area contributed by atoms with E-state index in [2.05, 4.69) is 11.4 Å². The summed E-state index contributed by atoms with van der Waals surface area (Å²) in [4.78, 5) is 26.6. The van der Waals surface area contributed by atoms with Crippen LogP contribution in [0, 0.1) is 5.92 Å². The molecule has 3 aliphatic rings. The first-order valence-corrected chi connectivity index (χ1v) is 8.96. The fraction of sp³-hybridized carbons (Fsp3) is 0.579. The molecule has 1 heterocycles. The highest BCUT2D eigenvalue weighted by atomic mass is 16.3. The SMILES string of the molecule is O=C(NCC1CCCC(O)C1)C(=O)N1CC2(CC2)c2ccccc21. The second-order valence-corrected chi connectivity index (χ2v) is 7.59. The lowest BCUT2D eigenvalue weighted by molar-refractivity contribution is -0.137. The fourth-order valence-corrected chi connectivity index (χ4v) is 4.27. The molecule has 2 aliphatic carbocycles. The largest absolute Gasteiger partial charge is 0.393 e. The summed E-state index contributed by atoms with van der Waals surface area (Å²) in [6.07, 6.45) is 5.46. The number of benzene rings is 1. The van der Waals surface area contributed by atoms with Crippen LogP contribution in [0.4, 0.5) is 5.69 Å². The van der Waals surface area contributed by atoms with Crippen LogP contribution in [-0.4, -0.2) is 36.1 Å². The smallest absolute Gasteiger partial charge is 0.316 e. The number of fused-ring (bicyclic) bond motifs is 2. The molecule has 0 radical (unpaired) electrons. The average Bonchev–Trinajstić information content (AvgIpc) is 3.30. The van der Waals surface area contributed by atoms with E-state index >= 15 is 0 Å². The summed E-state index contributed by atoms with van der Waals surface area (Å²) in [6, 6.07) is 7.94.